The second kappa shape index (κ2) is 11.2. The molecule has 3 aromatic rings. The first-order chi connectivity index (χ1) is 17.9. The maximum Gasteiger partial charge on any atom is 0.356 e. The van der Waals surface area contributed by atoms with Crippen molar-refractivity contribution in [1.29, 1.82) is 0 Å². The van der Waals surface area contributed by atoms with E-state index < -0.39 is 5.97 Å². The van der Waals surface area contributed by atoms with Gasteiger partial charge in [0.05, 0.1) is 30.0 Å². The molecule has 0 N–H and O–H groups in total. The smallest absolute Gasteiger partial charge is 0.356 e. The van der Waals surface area contributed by atoms with Crippen LogP contribution in [0.4, 0.5) is 0 Å². The van der Waals surface area contributed by atoms with Crippen molar-refractivity contribution >= 4 is 35.2 Å². The molecule has 0 saturated heterocycles. The Morgan fingerprint density at radius 3 is 2.49 bits per heavy atom. The van der Waals surface area contributed by atoms with E-state index in [9.17, 15) is 4.79 Å². The van der Waals surface area contributed by atoms with E-state index in [1.807, 2.05) is 13.0 Å². The lowest BCUT2D eigenvalue weighted by molar-refractivity contribution is 0.0593. The van der Waals surface area contributed by atoms with Gasteiger partial charge < -0.3 is 14.0 Å². The number of carbonyl (C=O) groups is 1. The number of aryl methyl sites for hydroxylation is 1. The molecule has 2 aliphatic carbocycles. The normalized spacial score (nSPS) is 19.8. The highest BCUT2D eigenvalue weighted by atomic mass is 35.5. The molecule has 37 heavy (non-hydrogen) atoms. The van der Waals surface area contributed by atoms with Gasteiger partial charge in [-0.1, -0.05) is 40.5 Å². The molecule has 0 bridgehead atoms. The minimum absolute atomic E-state index is 0.316. The minimum atomic E-state index is -0.440. The Morgan fingerprint density at radius 2 is 1.84 bits per heavy atom. The highest BCUT2D eigenvalue weighted by Gasteiger charge is 2.33. The minimum Gasteiger partial charge on any atom is -0.492 e. The van der Waals surface area contributed by atoms with Gasteiger partial charge in [0, 0.05) is 29.4 Å². The lowest BCUT2D eigenvalue weighted by Crippen LogP contribution is -2.19. The average Bonchev–Trinajstić information content (AvgIpc) is 3.66. The van der Waals surface area contributed by atoms with Gasteiger partial charge >= 0.3 is 5.97 Å². The van der Waals surface area contributed by atoms with Crippen molar-refractivity contribution in [3.05, 3.63) is 63.4 Å². The molecule has 194 valence electrons. The molecule has 5 rings (SSSR count). The van der Waals surface area contributed by atoms with Crippen molar-refractivity contribution in [3.8, 4) is 17.0 Å². The second-order valence-electron chi connectivity index (χ2n) is 9.84. The fourth-order valence-corrected chi connectivity index (χ4v) is 5.40. The van der Waals surface area contributed by atoms with E-state index in [-0.39, 0.29) is 0 Å². The van der Waals surface area contributed by atoms with E-state index in [2.05, 4.69) is 27.3 Å². The maximum atomic E-state index is 11.7. The van der Waals surface area contributed by atoms with Crippen LogP contribution in [0, 0.1) is 18.8 Å². The van der Waals surface area contributed by atoms with E-state index in [4.69, 9.17) is 37.2 Å². The Kier molecular flexibility index (Phi) is 7.81. The van der Waals surface area contributed by atoms with Gasteiger partial charge in [-0.3, -0.25) is 4.98 Å². The molecule has 7 nitrogen and oxygen atoms in total. The molecule has 0 radical (unpaired) electrons. The molecule has 0 aromatic carbocycles. The molecule has 3 aromatic heterocycles. The number of aromatic nitrogens is 3. The molecule has 2 saturated carbocycles. The number of nitrogens with zero attached hydrogens (tertiary/aromatic N) is 3. The highest BCUT2D eigenvalue weighted by Crippen LogP contribution is 2.46. The van der Waals surface area contributed by atoms with Crippen LogP contribution in [0.3, 0.4) is 0 Å². The number of allylic oxidation sites excluding steroid dienone is 1. The molecule has 9 heteroatoms. The molecule has 0 aliphatic heterocycles. The molecule has 0 atom stereocenters. The fraction of sp³-hybridized carbons (Fsp3) is 0.429. The predicted octanol–water partition coefficient (Wildman–Crippen LogP) is 7.31. The molecule has 2 aliphatic rings. The standard InChI is InChI=1S/C28H29Cl2N3O4/c1-16-11-20(12-32-25(16)28(34)35-2)36-15-18-5-3-17(4-6-18)7-10-21-26(33-37-27(21)19-8-9-19)24-22(29)13-31-14-23(24)30/h7,10-14,17-19H,3-6,8-9,15H2,1-2H3/b10-7+. The lowest BCUT2D eigenvalue weighted by atomic mass is 9.82. The second-order valence-corrected chi connectivity index (χ2v) is 10.7. The number of esters is 1. The third-order valence-corrected chi connectivity index (χ3v) is 7.71. The monoisotopic (exact) mass is 541 g/mol. The van der Waals surface area contributed by atoms with Crippen LogP contribution in [-0.2, 0) is 4.74 Å². The van der Waals surface area contributed by atoms with E-state index in [1.165, 1.54) is 7.11 Å². The summed E-state index contributed by atoms with van der Waals surface area (Å²) in [6.45, 7) is 2.46. The molecule has 0 unspecified atom stereocenters. The van der Waals surface area contributed by atoms with Crippen molar-refractivity contribution in [2.24, 2.45) is 11.8 Å². The Labute approximate surface area is 226 Å². The van der Waals surface area contributed by atoms with Gasteiger partial charge in [-0.15, -0.1) is 0 Å². The van der Waals surface area contributed by atoms with E-state index in [0.29, 0.717) is 57.1 Å². The number of ether oxygens (including phenoxy) is 2. The Hall–Kier alpha value is -2.90. The van der Waals surface area contributed by atoms with Crippen molar-refractivity contribution in [3.63, 3.8) is 0 Å². The maximum absolute atomic E-state index is 11.7. The first-order valence-corrected chi connectivity index (χ1v) is 13.3. The third-order valence-electron chi connectivity index (χ3n) is 7.14. The van der Waals surface area contributed by atoms with Gasteiger partial charge in [0.25, 0.3) is 0 Å². The zero-order valence-electron chi connectivity index (χ0n) is 20.9. The zero-order chi connectivity index (χ0) is 25.9. The largest absolute Gasteiger partial charge is 0.492 e. The van der Waals surface area contributed by atoms with Crippen LogP contribution >= 0.6 is 23.2 Å². The summed E-state index contributed by atoms with van der Waals surface area (Å²) >= 11 is 12.9. The molecule has 0 spiro atoms. The van der Waals surface area contributed by atoms with Gasteiger partial charge in [0.1, 0.15) is 17.2 Å². The summed E-state index contributed by atoms with van der Waals surface area (Å²) in [5, 5.41) is 5.28. The SMILES string of the molecule is COC(=O)c1ncc(OCC2CCC(/C=C/c3c(-c4c(Cl)cncc4Cl)noc3C3CC3)CC2)cc1C. The quantitative estimate of drug-likeness (QED) is 0.276. The summed E-state index contributed by atoms with van der Waals surface area (Å²) in [5.41, 5.74) is 3.38. The van der Waals surface area contributed by atoms with Crippen molar-refractivity contribution in [1.82, 2.24) is 15.1 Å². The zero-order valence-corrected chi connectivity index (χ0v) is 22.4. The van der Waals surface area contributed by atoms with E-state index >= 15 is 0 Å². The van der Waals surface area contributed by atoms with Crippen molar-refractivity contribution < 1.29 is 18.8 Å². The summed E-state index contributed by atoms with van der Waals surface area (Å²) in [4.78, 5) is 20.0. The van der Waals surface area contributed by atoms with Crippen LogP contribution < -0.4 is 4.74 Å². The number of methoxy groups -OCH3 is 1. The number of pyridine rings is 2. The number of halogens is 2. The summed E-state index contributed by atoms with van der Waals surface area (Å²) < 4.78 is 16.5. The highest BCUT2D eigenvalue weighted by molar-refractivity contribution is 6.39. The molecular formula is C28H29Cl2N3O4. The number of hydrogen-bond donors (Lipinski definition) is 0. The van der Waals surface area contributed by atoms with Crippen molar-refractivity contribution in [2.75, 3.05) is 13.7 Å². The first-order valence-electron chi connectivity index (χ1n) is 12.6. The van der Waals surface area contributed by atoms with Gasteiger partial charge in [0.2, 0.25) is 0 Å². The van der Waals surface area contributed by atoms with Gasteiger partial charge in [-0.25, -0.2) is 9.78 Å². The van der Waals surface area contributed by atoms with Crippen LogP contribution in [0.15, 0.2) is 35.3 Å². The van der Waals surface area contributed by atoms with E-state index in [1.54, 1.807) is 18.6 Å². The molecule has 2 fully saturated rings. The van der Waals surface area contributed by atoms with Gasteiger partial charge in [0.15, 0.2) is 5.69 Å². The van der Waals surface area contributed by atoms with Gasteiger partial charge in [-0.05, 0) is 68.9 Å². The third kappa shape index (κ3) is 5.83. The Balaban J connectivity index is 1.21. The molecule has 3 heterocycles. The number of carbonyl (C=O) groups excluding carboxylic acids is 1. The Morgan fingerprint density at radius 1 is 1.11 bits per heavy atom. The fourth-order valence-electron chi connectivity index (χ4n) is 4.86. The summed E-state index contributed by atoms with van der Waals surface area (Å²) in [6.07, 6.45) is 15.7. The summed E-state index contributed by atoms with van der Waals surface area (Å²) in [5.74, 6) is 2.51. The first kappa shape index (κ1) is 25.7. The molecular weight excluding hydrogens is 513 g/mol. The molecule has 0 amide bonds. The van der Waals surface area contributed by atoms with Crippen LogP contribution in [0.25, 0.3) is 17.3 Å². The Bertz CT molecular complexity index is 1290. The van der Waals surface area contributed by atoms with E-state index in [0.717, 1.165) is 55.4 Å². The van der Waals surface area contributed by atoms with Gasteiger partial charge in [-0.2, -0.15) is 0 Å². The predicted molar refractivity (Wildman–Crippen MR) is 142 cm³/mol. The average molecular weight is 542 g/mol. The van der Waals surface area contributed by atoms with Crippen LogP contribution in [0.5, 0.6) is 5.75 Å². The summed E-state index contributed by atoms with van der Waals surface area (Å²) in [7, 11) is 1.35. The van der Waals surface area contributed by atoms with Crippen LogP contribution in [0.2, 0.25) is 10.0 Å². The topological polar surface area (TPSA) is 87.3 Å². The number of rotatable bonds is 8. The number of hydrogen-bond acceptors (Lipinski definition) is 7. The lowest BCUT2D eigenvalue weighted by Gasteiger charge is -2.26. The van der Waals surface area contributed by atoms with Crippen LogP contribution in [-0.4, -0.2) is 34.8 Å². The summed E-state index contributed by atoms with van der Waals surface area (Å²) in [6, 6.07) is 1.84. The van der Waals surface area contributed by atoms with Crippen molar-refractivity contribution in [2.45, 2.75) is 51.4 Å². The van der Waals surface area contributed by atoms with Crippen LogP contribution in [0.1, 0.15) is 71.8 Å².